The molecule has 0 radical (unpaired) electrons. The van der Waals surface area contributed by atoms with E-state index in [1.807, 2.05) is 30.3 Å². The average molecular weight is 383 g/mol. The van der Waals surface area contributed by atoms with Crippen molar-refractivity contribution in [1.82, 2.24) is 15.1 Å². The van der Waals surface area contributed by atoms with Crippen LogP contribution < -0.4 is 10.6 Å². The normalized spacial score (nSPS) is 10.4. The van der Waals surface area contributed by atoms with Gasteiger partial charge in [-0.15, -0.1) is 0 Å². The summed E-state index contributed by atoms with van der Waals surface area (Å²) in [5.41, 5.74) is 1.86. The Bertz CT molecular complexity index is 936. The molecule has 7 heteroatoms. The van der Waals surface area contributed by atoms with Crippen LogP contribution in [0.15, 0.2) is 60.7 Å². The lowest BCUT2D eigenvalue weighted by Gasteiger charge is -2.04. The summed E-state index contributed by atoms with van der Waals surface area (Å²) in [4.78, 5) is 24.5. The zero-order valence-corrected chi connectivity index (χ0v) is 15.5. The Balaban J connectivity index is 1.57. The maximum Gasteiger partial charge on any atom is 0.271 e. The van der Waals surface area contributed by atoms with Crippen molar-refractivity contribution in [2.75, 3.05) is 11.9 Å². The molecule has 6 nitrogen and oxygen atoms in total. The Kier molecular flexibility index (Phi) is 5.88. The smallest absolute Gasteiger partial charge is 0.271 e. The molecular weight excluding hydrogens is 364 g/mol. The van der Waals surface area contributed by atoms with Crippen molar-refractivity contribution in [2.45, 2.75) is 6.42 Å². The molecule has 1 heterocycles. The lowest BCUT2D eigenvalue weighted by atomic mass is 10.1. The van der Waals surface area contributed by atoms with Crippen LogP contribution in [0.5, 0.6) is 0 Å². The van der Waals surface area contributed by atoms with E-state index in [0.717, 1.165) is 5.56 Å². The quantitative estimate of drug-likeness (QED) is 0.686. The van der Waals surface area contributed by atoms with Crippen LogP contribution in [0.4, 0.5) is 5.82 Å². The molecular formula is C20H19ClN4O2. The first-order chi connectivity index (χ1) is 13.0. The third-order valence-electron chi connectivity index (χ3n) is 4.00. The van der Waals surface area contributed by atoms with E-state index in [-0.39, 0.29) is 17.5 Å². The van der Waals surface area contributed by atoms with Crippen molar-refractivity contribution in [3.05, 3.63) is 82.5 Å². The standard InChI is InChI=1S/C20H19ClN4O2/c1-25-18(23-19(26)15-5-3-2-4-6-15)13-17(24-25)20(27)22-12-11-14-7-9-16(21)10-8-14/h2-10,13H,11-12H2,1H3,(H,22,27)(H,23,26). The first-order valence-corrected chi connectivity index (χ1v) is 8.84. The van der Waals surface area contributed by atoms with Crippen molar-refractivity contribution >= 4 is 29.2 Å². The SMILES string of the molecule is Cn1nc(C(=O)NCCc2ccc(Cl)cc2)cc1NC(=O)c1ccccc1. The lowest BCUT2D eigenvalue weighted by molar-refractivity contribution is 0.0947. The van der Waals surface area contributed by atoms with Gasteiger partial charge in [-0.25, -0.2) is 0 Å². The highest BCUT2D eigenvalue weighted by Gasteiger charge is 2.14. The molecule has 2 amide bonds. The Morgan fingerprint density at radius 3 is 2.44 bits per heavy atom. The molecule has 138 valence electrons. The first-order valence-electron chi connectivity index (χ1n) is 8.46. The molecule has 0 spiro atoms. The largest absolute Gasteiger partial charge is 0.350 e. The second kappa shape index (κ2) is 8.51. The molecule has 3 aromatic rings. The minimum atomic E-state index is -0.292. The maximum atomic E-state index is 12.3. The van der Waals surface area contributed by atoms with Gasteiger partial charge in [-0.1, -0.05) is 41.9 Å². The molecule has 0 saturated heterocycles. The van der Waals surface area contributed by atoms with Gasteiger partial charge in [0.2, 0.25) is 0 Å². The van der Waals surface area contributed by atoms with Crippen LogP contribution >= 0.6 is 11.6 Å². The van der Waals surface area contributed by atoms with Crippen LogP contribution in [-0.2, 0) is 13.5 Å². The number of aromatic nitrogens is 2. The number of hydrogen-bond donors (Lipinski definition) is 2. The number of amides is 2. The molecule has 0 aliphatic carbocycles. The second-order valence-corrected chi connectivity index (χ2v) is 6.43. The summed E-state index contributed by atoms with van der Waals surface area (Å²) >= 11 is 5.86. The fourth-order valence-electron chi connectivity index (χ4n) is 2.54. The van der Waals surface area contributed by atoms with Gasteiger partial charge in [0.25, 0.3) is 11.8 Å². The molecule has 2 aromatic carbocycles. The third kappa shape index (κ3) is 4.95. The van der Waals surface area contributed by atoms with E-state index in [1.54, 1.807) is 37.4 Å². The molecule has 1 aromatic heterocycles. The molecule has 0 bridgehead atoms. The van der Waals surface area contributed by atoms with Crippen LogP contribution in [0.3, 0.4) is 0 Å². The number of carbonyl (C=O) groups is 2. The van der Waals surface area contributed by atoms with Crippen molar-refractivity contribution in [3.8, 4) is 0 Å². The number of benzene rings is 2. The van der Waals surface area contributed by atoms with E-state index < -0.39 is 0 Å². The average Bonchev–Trinajstić information content (AvgIpc) is 3.04. The van der Waals surface area contributed by atoms with E-state index in [2.05, 4.69) is 15.7 Å². The van der Waals surface area contributed by atoms with Gasteiger partial charge in [0.15, 0.2) is 5.69 Å². The summed E-state index contributed by atoms with van der Waals surface area (Å²) in [7, 11) is 1.67. The lowest BCUT2D eigenvalue weighted by Crippen LogP contribution is -2.26. The highest BCUT2D eigenvalue weighted by atomic mass is 35.5. The molecule has 0 aliphatic heterocycles. The van der Waals surface area contributed by atoms with Gasteiger partial charge < -0.3 is 10.6 Å². The molecule has 3 rings (SSSR count). The van der Waals surface area contributed by atoms with E-state index in [9.17, 15) is 9.59 Å². The van der Waals surface area contributed by atoms with Crippen LogP contribution in [0, 0.1) is 0 Å². The number of halogens is 1. The fourth-order valence-corrected chi connectivity index (χ4v) is 2.66. The van der Waals surface area contributed by atoms with Crippen molar-refractivity contribution in [1.29, 1.82) is 0 Å². The van der Waals surface area contributed by atoms with Gasteiger partial charge in [0, 0.05) is 30.2 Å². The first kappa shape index (κ1) is 18.7. The summed E-state index contributed by atoms with van der Waals surface area (Å²) in [5.74, 6) is -0.0974. The van der Waals surface area contributed by atoms with Gasteiger partial charge in [0.05, 0.1) is 0 Å². The Hall–Kier alpha value is -3.12. The van der Waals surface area contributed by atoms with Crippen molar-refractivity contribution < 1.29 is 9.59 Å². The number of rotatable bonds is 6. The van der Waals surface area contributed by atoms with Crippen LogP contribution in [0.25, 0.3) is 0 Å². The molecule has 27 heavy (non-hydrogen) atoms. The zero-order chi connectivity index (χ0) is 19.2. The monoisotopic (exact) mass is 382 g/mol. The fraction of sp³-hybridized carbons (Fsp3) is 0.150. The number of hydrogen-bond acceptors (Lipinski definition) is 3. The van der Waals surface area contributed by atoms with E-state index in [1.165, 1.54) is 4.68 Å². The third-order valence-corrected chi connectivity index (χ3v) is 4.25. The maximum absolute atomic E-state index is 12.3. The Morgan fingerprint density at radius 1 is 1.04 bits per heavy atom. The minimum absolute atomic E-state index is 0.247. The minimum Gasteiger partial charge on any atom is -0.350 e. The summed E-state index contributed by atoms with van der Waals surface area (Å²) in [6.07, 6.45) is 0.688. The summed E-state index contributed by atoms with van der Waals surface area (Å²) < 4.78 is 1.47. The summed E-state index contributed by atoms with van der Waals surface area (Å²) in [5, 5.41) is 10.4. The predicted octanol–water partition coefficient (Wildman–Crippen LogP) is 3.30. The van der Waals surface area contributed by atoms with Crippen LogP contribution in [-0.4, -0.2) is 28.1 Å². The number of nitrogens with zero attached hydrogens (tertiary/aromatic N) is 2. The topological polar surface area (TPSA) is 76.0 Å². The zero-order valence-electron chi connectivity index (χ0n) is 14.8. The second-order valence-electron chi connectivity index (χ2n) is 5.99. The number of nitrogens with one attached hydrogen (secondary N) is 2. The molecule has 0 atom stereocenters. The van der Waals surface area contributed by atoms with E-state index in [0.29, 0.717) is 29.4 Å². The molecule has 2 N–H and O–H groups in total. The molecule has 0 saturated carbocycles. The van der Waals surface area contributed by atoms with Gasteiger partial charge in [-0.05, 0) is 36.2 Å². The number of aryl methyl sites for hydroxylation is 1. The Labute approximate surface area is 162 Å². The molecule has 0 fully saturated rings. The van der Waals surface area contributed by atoms with Crippen LogP contribution in [0.1, 0.15) is 26.4 Å². The van der Waals surface area contributed by atoms with Crippen molar-refractivity contribution in [2.24, 2.45) is 7.05 Å². The van der Waals surface area contributed by atoms with Gasteiger partial charge in [0.1, 0.15) is 5.82 Å². The van der Waals surface area contributed by atoms with Gasteiger partial charge in [-0.2, -0.15) is 5.10 Å². The number of anilines is 1. The van der Waals surface area contributed by atoms with Gasteiger partial charge in [-0.3, -0.25) is 14.3 Å². The van der Waals surface area contributed by atoms with Crippen molar-refractivity contribution in [3.63, 3.8) is 0 Å². The van der Waals surface area contributed by atoms with Crippen LogP contribution in [0.2, 0.25) is 5.02 Å². The summed E-state index contributed by atoms with van der Waals surface area (Å²) in [6, 6.07) is 17.9. The molecule has 0 aliphatic rings. The van der Waals surface area contributed by atoms with Gasteiger partial charge >= 0.3 is 0 Å². The predicted molar refractivity (Wildman–Crippen MR) is 105 cm³/mol. The highest BCUT2D eigenvalue weighted by molar-refractivity contribution is 6.30. The summed E-state index contributed by atoms with van der Waals surface area (Å²) in [6.45, 7) is 0.475. The van der Waals surface area contributed by atoms with E-state index >= 15 is 0 Å². The Morgan fingerprint density at radius 2 is 1.74 bits per heavy atom. The van der Waals surface area contributed by atoms with E-state index in [4.69, 9.17) is 11.6 Å². The molecule has 0 unspecified atom stereocenters. The highest BCUT2D eigenvalue weighted by Crippen LogP contribution is 2.12. The number of carbonyl (C=O) groups excluding carboxylic acids is 2.